The van der Waals surface area contributed by atoms with Gasteiger partial charge in [-0.15, -0.1) is 0 Å². The monoisotopic (exact) mass is 325 g/mol. The molecule has 0 atom stereocenters. The van der Waals surface area contributed by atoms with Gasteiger partial charge in [0.15, 0.2) is 0 Å². The highest BCUT2D eigenvalue weighted by atomic mass is 19.4. The minimum absolute atomic E-state index is 0.281. The van der Waals surface area contributed by atoms with Crippen LogP contribution < -0.4 is 5.32 Å². The molecule has 0 bridgehead atoms. The maximum absolute atomic E-state index is 13.2. The fourth-order valence-corrected chi connectivity index (χ4v) is 2.80. The summed E-state index contributed by atoms with van der Waals surface area (Å²) < 4.78 is 45.9. The Morgan fingerprint density at radius 1 is 1.26 bits per heavy atom. The number of nitrogens with zero attached hydrogens (tertiary/aromatic N) is 2. The molecule has 0 saturated carbocycles. The van der Waals surface area contributed by atoms with Crippen LogP contribution in [0, 0.1) is 0 Å². The third kappa shape index (κ3) is 3.25. The van der Waals surface area contributed by atoms with Crippen LogP contribution in [0.15, 0.2) is 24.3 Å². The number of hydrogen-bond acceptors (Lipinski definition) is 3. The van der Waals surface area contributed by atoms with E-state index in [0.29, 0.717) is 36.6 Å². The van der Waals surface area contributed by atoms with E-state index in [2.05, 4.69) is 10.3 Å². The molecule has 0 unspecified atom stereocenters. The first-order valence-corrected chi connectivity index (χ1v) is 7.46. The molecule has 3 rings (SSSR count). The minimum atomic E-state index is -4.44. The summed E-state index contributed by atoms with van der Waals surface area (Å²) >= 11 is 0. The molecule has 7 heteroatoms. The molecule has 0 aliphatic carbocycles. The van der Waals surface area contributed by atoms with Gasteiger partial charge in [-0.25, -0.2) is 4.98 Å². The average molecular weight is 325 g/mol. The Balaban J connectivity index is 1.98. The van der Waals surface area contributed by atoms with Crippen molar-refractivity contribution in [1.29, 1.82) is 0 Å². The zero-order valence-electron chi connectivity index (χ0n) is 12.8. The minimum Gasteiger partial charge on any atom is -0.384 e. The first kappa shape index (κ1) is 16.0. The summed E-state index contributed by atoms with van der Waals surface area (Å²) in [5.41, 5.74) is 2.78. The number of imidazole rings is 1. The van der Waals surface area contributed by atoms with E-state index in [1.807, 2.05) is 24.3 Å². The number of aromatic nitrogens is 2. The van der Waals surface area contributed by atoms with Crippen LogP contribution in [0.4, 0.5) is 13.2 Å². The smallest absolute Gasteiger partial charge is 0.384 e. The largest absolute Gasteiger partial charge is 0.449 e. The Morgan fingerprint density at radius 2 is 2.00 bits per heavy atom. The van der Waals surface area contributed by atoms with Gasteiger partial charge >= 0.3 is 6.18 Å². The molecule has 1 N–H and O–H groups in total. The number of nitrogens with one attached hydrogen (secondary N) is 1. The quantitative estimate of drug-likeness (QED) is 0.939. The molecule has 1 aromatic carbocycles. The Labute approximate surface area is 132 Å². The van der Waals surface area contributed by atoms with Crippen molar-refractivity contribution in [2.24, 2.45) is 0 Å². The van der Waals surface area contributed by atoms with Crippen LogP contribution in [-0.4, -0.2) is 29.8 Å². The molecule has 1 aliphatic rings. The Bertz CT molecular complexity index is 677. The van der Waals surface area contributed by atoms with Gasteiger partial charge in [0.25, 0.3) is 0 Å². The maximum Gasteiger partial charge on any atom is 0.449 e. The lowest BCUT2D eigenvalue weighted by Crippen LogP contribution is -2.30. The standard InChI is InChI=1S/C16H18F3N3O/c1-23-9-6-11-2-4-12(5-3-11)14-13-10-20-7-8-22(13)15(21-14)16(17,18)19/h2-5,20H,6-10H2,1H3. The summed E-state index contributed by atoms with van der Waals surface area (Å²) in [5.74, 6) is -0.813. The van der Waals surface area contributed by atoms with E-state index in [0.717, 1.165) is 12.0 Å². The topological polar surface area (TPSA) is 39.1 Å². The zero-order valence-corrected chi connectivity index (χ0v) is 12.8. The summed E-state index contributed by atoms with van der Waals surface area (Å²) in [6.07, 6.45) is -3.67. The molecule has 124 valence electrons. The second-order valence-corrected chi connectivity index (χ2v) is 5.50. The van der Waals surface area contributed by atoms with Gasteiger partial charge in [-0.2, -0.15) is 13.2 Å². The lowest BCUT2D eigenvalue weighted by atomic mass is 10.1. The SMILES string of the molecule is COCCc1ccc(-c2nc(C(F)(F)F)n3c2CNCC3)cc1. The highest BCUT2D eigenvalue weighted by Crippen LogP contribution is 2.34. The number of alkyl halides is 3. The van der Waals surface area contributed by atoms with E-state index < -0.39 is 12.0 Å². The summed E-state index contributed by atoms with van der Waals surface area (Å²) in [6, 6.07) is 7.46. The van der Waals surface area contributed by atoms with Crippen LogP contribution in [0.2, 0.25) is 0 Å². The normalized spacial score (nSPS) is 14.8. The van der Waals surface area contributed by atoms with E-state index in [1.165, 1.54) is 4.57 Å². The summed E-state index contributed by atoms with van der Waals surface area (Å²) in [5, 5.41) is 3.11. The molecular weight excluding hydrogens is 307 g/mol. The number of hydrogen-bond donors (Lipinski definition) is 1. The van der Waals surface area contributed by atoms with Crippen molar-refractivity contribution in [3.8, 4) is 11.3 Å². The van der Waals surface area contributed by atoms with E-state index in [-0.39, 0.29) is 6.54 Å². The van der Waals surface area contributed by atoms with Crippen LogP contribution in [0.1, 0.15) is 17.1 Å². The number of benzene rings is 1. The Kier molecular flexibility index (Phi) is 4.41. The fourth-order valence-electron chi connectivity index (χ4n) is 2.80. The average Bonchev–Trinajstić information content (AvgIpc) is 2.93. The van der Waals surface area contributed by atoms with E-state index in [9.17, 15) is 13.2 Å². The fraction of sp³-hybridized carbons (Fsp3) is 0.438. The Hall–Kier alpha value is -1.86. The summed E-state index contributed by atoms with van der Waals surface area (Å²) in [6.45, 7) is 1.80. The molecule has 0 fully saturated rings. The van der Waals surface area contributed by atoms with Crippen LogP contribution in [-0.2, 0) is 30.4 Å². The van der Waals surface area contributed by atoms with E-state index in [1.54, 1.807) is 7.11 Å². The predicted octanol–water partition coefficient (Wildman–Crippen LogP) is 2.86. The van der Waals surface area contributed by atoms with E-state index in [4.69, 9.17) is 4.74 Å². The first-order chi connectivity index (χ1) is 11.0. The van der Waals surface area contributed by atoms with Crippen LogP contribution in [0.25, 0.3) is 11.3 Å². The van der Waals surface area contributed by atoms with Crippen molar-refractivity contribution in [2.45, 2.75) is 25.7 Å². The molecule has 0 radical (unpaired) electrons. The van der Waals surface area contributed by atoms with Crippen molar-refractivity contribution in [1.82, 2.24) is 14.9 Å². The lowest BCUT2D eigenvalue weighted by Gasteiger charge is -2.19. The van der Waals surface area contributed by atoms with Crippen molar-refractivity contribution < 1.29 is 17.9 Å². The molecule has 0 spiro atoms. The molecule has 0 saturated heterocycles. The first-order valence-electron chi connectivity index (χ1n) is 7.46. The van der Waals surface area contributed by atoms with Gasteiger partial charge in [-0.05, 0) is 12.0 Å². The van der Waals surface area contributed by atoms with Crippen molar-refractivity contribution >= 4 is 0 Å². The lowest BCUT2D eigenvalue weighted by molar-refractivity contribution is -0.147. The highest BCUT2D eigenvalue weighted by molar-refractivity contribution is 5.63. The van der Waals surface area contributed by atoms with Crippen LogP contribution in [0.5, 0.6) is 0 Å². The van der Waals surface area contributed by atoms with E-state index >= 15 is 0 Å². The van der Waals surface area contributed by atoms with Gasteiger partial charge in [0.1, 0.15) is 0 Å². The Morgan fingerprint density at radius 3 is 2.65 bits per heavy atom. The molecule has 2 aromatic rings. The van der Waals surface area contributed by atoms with Gasteiger partial charge in [-0.1, -0.05) is 24.3 Å². The number of ether oxygens (including phenoxy) is 1. The second-order valence-electron chi connectivity index (χ2n) is 5.50. The molecule has 4 nitrogen and oxygen atoms in total. The van der Waals surface area contributed by atoms with Gasteiger partial charge < -0.3 is 14.6 Å². The number of fused-ring (bicyclic) bond motifs is 1. The third-order valence-corrected chi connectivity index (χ3v) is 3.95. The van der Waals surface area contributed by atoms with Gasteiger partial charge in [0.2, 0.25) is 5.82 Å². The summed E-state index contributed by atoms with van der Waals surface area (Å²) in [4.78, 5) is 3.90. The second kappa shape index (κ2) is 6.33. The maximum atomic E-state index is 13.2. The third-order valence-electron chi connectivity index (χ3n) is 3.95. The van der Waals surface area contributed by atoms with Crippen LogP contribution in [0.3, 0.4) is 0 Å². The van der Waals surface area contributed by atoms with Gasteiger partial charge in [0.05, 0.1) is 18.0 Å². The van der Waals surface area contributed by atoms with Gasteiger partial charge in [0, 0.05) is 32.3 Å². The van der Waals surface area contributed by atoms with Gasteiger partial charge in [-0.3, -0.25) is 0 Å². The molecular formula is C16H18F3N3O. The van der Waals surface area contributed by atoms with Crippen molar-refractivity contribution in [3.63, 3.8) is 0 Å². The molecule has 23 heavy (non-hydrogen) atoms. The number of methoxy groups -OCH3 is 1. The van der Waals surface area contributed by atoms with Crippen molar-refractivity contribution in [2.75, 3.05) is 20.3 Å². The molecule has 1 aromatic heterocycles. The number of halogens is 3. The molecule has 0 amide bonds. The number of rotatable bonds is 4. The van der Waals surface area contributed by atoms with Crippen LogP contribution >= 0.6 is 0 Å². The molecule has 1 aliphatic heterocycles. The highest BCUT2D eigenvalue weighted by Gasteiger charge is 2.39. The zero-order chi connectivity index (χ0) is 16.4. The molecule has 2 heterocycles. The predicted molar refractivity (Wildman–Crippen MR) is 80.0 cm³/mol. The van der Waals surface area contributed by atoms with Crippen molar-refractivity contribution in [3.05, 3.63) is 41.3 Å². The summed E-state index contributed by atoms with van der Waals surface area (Å²) in [7, 11) is 1.64.